The average Bonchev–Trinajstić information content (AvgIpc) is 2.37. The molecule has 3 nitrogen and oxygen atoms in total. The van der Waals surface area contributed by atoms with Gasteiger partial charge in [0.25, 0.3) is 0 Å². The SMILES string of the molecule is CC(=O)NC(c1ccccc1O)c1ccc(Cl)cc1Cl. The minimum atomic E-state index is -0.529. The van der Waals surface area contributed by atoms with Gasteiger partial charge in [-0.15, -0.1) is 0 Å². The fourth-order valence-corrected chi connectivity index (χ4v) is 2.51. The molecule has 5 heteroatoms. The Morgan fingerprint density at radius 3 is 2.45 bits per heavy atom. The second-order valence-corrected chi connectivity index (χ2v) is 5.20. The molecule has 0 fully saturated rings. The van der Waals surface area contributed by atoms with Gasteiger partial charge < -0.3 is 10.4 Å². The topological polar surface area (TPSA) is 49.3 Å². The lowest BCUT2D eigenvalue weighted by molar-refractivity contribution is -0.119. The lowest BCUT2D eigenvalue weighted by Gasteiger charge is -2.21. The fraction of sp³-hybridized carbons (Fsp3) is 0.133. The van der Waals surface area contributed by atoms with Crippen LogP contribution in [0, 0.1) is 0 Å². The third-order valence-corrected chi connectivity index (χ3v) is 3.43. The predicted molar refractivity (Wildman–Crippen MR) is 80.2 cm³/mol. The van der Waals surface area contributed by atoms with Crippen LogP contribution in [0.1, 0.15) is 24.1 Å². The van der Waals surface area contributed by atoms with E-state index in [1.807, 2.05) is 0 Å². The number of phenolic OH excluding ortho intramolecular Hbond substituents is 1. The number of rotatable bonds is 3. The summed E-state index contributed by atoms with van der Waals surface area (Å²) in [5.74, 6) is -0.124. The van der Waals surface area contributed by atoms with Crippen molar-refractivity contribution in [3.63, 3.8) is 0 Å². The molecule has 0 radical (unpaired) electrons. The van der Waals surface area contributed by atoms with Crippen molar-refractivity contribution >= 4 is 29.1 Å². The van der Waals surface area contributed by atoms with Gasteiger partial charge in [-0.25, -0.2) is 0 Å². The van der Waals surface area contributed by atoms with E-state index in [-0.39, 0.29) is 11.7 Å². The molecule has 0 aromatic heterocycles. The number of para-hydroxylation sites is 1. The van der Waals surface area contributed by atoms with Gasteiger partial charge >= 0.3 is 0 Å². The van der Waals surface area contributed by atoms with Crippen LogP contribution in [0.4, 0.5) is 0 Å². The van der Waals surface area contributed by atoms with Gasteiger partial charge in [-0.3, -0.25) is 4.79 Å². The van der Waals surface area contributed by atoms with E-state index >= 15 is 0 Å². The summed E-state index contributed by atoms with van der Waals surface area (Å²) in [5.41, 5.74) is 1.25. The first kappa shape index (κ1) is 14.7. The zero-order chi connectivity index (χ0) is 14.7. The van der Waals surface area contributed by atoms with Crippen molar-refractivity contribution in [2.45, 2.75) is 13.0 Å². The molecule has 2 N–H and O–H groups in total. The second-order valence-electron chi connectivity index (χ2n) is 4.36. The van der Waals surface area contributed by atoms with Gasteiger partial charge in [-0.05, 0) is 23.8 Å². The Bertz CT molecular complexity index is 644. The smallest absolute Gasteiger partial charge is 0.217 e. The maximum atomic E-state index is 11.4. The zero-order valence-electron chi connectivity index (χ0n) is 10.7. The summed E-state index contributed by atoms with van der Waals surface area (Å²) < 4.78 is 0. The Hall–Kier alpha value is -1.71. The minimum Gasteiger partial charge on any atom is -0.508 e. The highest BCUT2D eigenvalue weighted by atomic mass is 35.5. The van der Waals surface area contributed by atoms with Gasteiger partial charge in [0.05, 0.1) is 6.04 Å². The van der Waals surface area contributed by atoms with Crippen LogP contribution in [0.3, 0.4) is 0 Å². The first-order valence-electron chi connectivity index (χ1n) is 5.99. The van der Waals surface area contributed by atoms with E-state index in [2.05, 4.69) is 5.32 Å². The van der Waals surface area contributed by atoms with Crippen LogP contribution in [-0.4, -0.2) is 11.0 Å². The second kappa shape index (κ2) is 6.16. The van der Waals surface area contributed by atoms with Gasteiger partial charge in [0, 0.05) is 22.5 Å². The number of halogens is 2. The first-order chi connectivity index (χ1) is 9.49. The minimum absolute atomic E-state index is 0.0947. The zero-order valence-corrected chi connectivity index (χ0v) is 12.2. The van der Waals surface area contributed by atoms with Gasteiger partial charge in [0.2, 0.25) is 5.91 Å². The van der Waals surface area contributed by atoms with Crippen LogP contribution in [-0.2, 0) is 4.79 Å². The number of hydrogen-bond donors (Lipinski definition) is 2. The number of benzene rings is 2. The molecule has 0 aliphatic rings. The van der Waals surface area contributed by atoms with Crippen molar-refractivity contribution in [3.05, 3.63) is 63.6 Å². The average molecular weight is 310 g/mol. The van der Waals surface area contributed by atoms with Crippen LogP contribution < -0.4 is 5.32 Å². The van der Waals surface area contributed by atoms with E-state index in [9.17, 15) is 9.90 Å². The molecular formula is C15H13Cl2NO2. The van der Waals surface area contributed by atoms with E-state index in [4.69, 9.17) is 23.2 Å². The number of phenols is 1. The summed E-state index contributed by atoms with van der Waals surface area (Å²) in [4.78, 5) is 11.4. The summed E-state index contributed by atoms with van der Waals surface area (Å²) >= 11 is 12.1. The lowest BCUT2D eigenvalue weighted by Crippen LogP contribution is -2.27. The first-order valence-corrected chi connectivity index (χ1v) is 6.74. The monoisotopic (exact) mass is 309 g/mol. The summed E-state index contributed by atoms with van der Waals surface area (Å²) in [6.07, 6.45) is 0. The summed E-state index contributed by atoms with van der Waals surface area (Å²) in [7, 11) is 0. The molecule has 2 aromatic carbocycles. The number of aromatic hydroxyl groups is 1. The Morgan fingerprint density at radius 1 is 1.15 bits per heavy atom. The molecule has 0 saturated heterocycles. The molecular weight excluding hydrogens is 297 g/mol. The maximum absolute atomic E-state index is 11.4. The molecule has 1 atom stereocenters. The Kier molecular flexibility index (Phi) is 4.53. The molecule has 1 amide bonds. The van der Waals surface area contributed by atoms with Crippen LogP contribution in [0.15, 0.2) is 42.5 Å². The normalized spacial score (nSPS) is 11.9. The molecule has 2 rings (SSSR count). The van der Waals surface area contributed by atoms with Gasteiger partial charge in [-0.2, -0.15) is 0 Å². The standard InChI is InChI=1S/C15H13Cl2NO2/c1-9(19)18-15(12-4-2-3-5-14(12)20)11-7-6-10(16)8-13(11)17/h2-8,15,20H,1H3,(H,18,19). The molecule has 0 bridgehead atoms. The highest BCUT2D eigenvalue weighted by Gasteiger charge is 2.20. The van der Waals surface area contributed by atoms with E-state index < -0.39 is 6.04 Å². The molecule has 2 aromatic rings. The largest absolute Gasteiger partial charge is 0.508 e. The van der Waals surface area contributed by atoms with Crippen LogP contribution in [0.25, 0.3) is 0 Å². The van der Waals surface area contributed by atoms with Crippen molar-refractivity contribution in [1.82, 2.24) is 5.32 Å². The van der Waals surface area contributed by atoms with E-state index in [0.29, 0.717) is 21.2 Å². The van der Waals surface area contributed by atoms with Crippen molar-refractivity contribution in [1.29, 1.82) is 0 Å². The molecule has 20 heavy (non-hydrogen) atoms. The van der Waals surface area contributed by atoms with Crippen LogP contribution in [0.5, 0.6) is 5.75 Å². The van der Waals surface area contributed by atoms with Gasteiger partial charge in [-0.1, -0.05) is 47.5 Å². The van der Waals surface area contributed by atoms with Crippen molar-refractivity contribution in [2.75, 3.05) is 0 Å². The molecule has 1 unspecified atom stereocenters. The Labute approximate surface area is 127 Å². The highest BCUT2D eigenvalue weighted by Crippen LogP contribution is 2.34. The third-order valence-electron chi connectivity index (χ3n) is 2.87. The summed E-state index contributed by atoms with van der Waals surface area (Å²) in [6, 6.07) is 11.3. The number of amides is 1. The van der Waals surface area contributed by atoms with E-state index in [1.165, 1.54) is 6.92 Å². The highest BCUT2D eigenvalue weighted by molar-refractivity contribution is 6.35. The molecule has 0 saturated carbocycles. The molecule has 0 aliphatic heterocycles. The molecule has 0 heterocycles. The van der Waals surface area contributed by atoms with Crippen molar-refractivity contribution < 1.29 is 9.90 Å². The van der Waals surface area contributed by atoms with Crippen molar-refractivity contribution in [3.8, 4) is 5.75 Å². The van der Waals surface area contributed by atoms with Gasteiger partial charge in [0.1, 0.15) is 5.75 Å². The quantitative estimate of drug-likeness (QED) is 0.902. The molecule has 0 aliphatic carbocycles. The van der Waals surface area contributed by atoms with E-state index in [0.717, 1.165) is 0 Å². The predicted octanol–water partition coefficient (Wildman–Crippen LogP) is 3.92. The van der Waals surface area contributed by atoms with E-state index in [1.54, 1.807) is 42.5 Å². The van der Waals surface area contributed by atoms with Crippen LogP contribution in [0.2, 0.25) is 10.0 Å². The van der Waals surface area contributed by atoms with Crippen molar-refractivity contribution in [2.24, 2.45) is 0 Å². The number of carbonyl (C=O) groups excluding carboxylic acids is 1. The molecule has 104 valence electrons. The fourth-order valence-electron chi connectivity index (χ4n) is 1.99. The number of nitrogens with one attached hydrogen (secondary N) is 1. The summed E-state index contributed by atoms with van der Waals surface area (Å²) in [6.45, 7) is 1.41. The molecule has 0 spiro atoms. The Morgan fingerprint density at radius 2 is 1.85 bits per heavy atom. The number of hydrogen-bond acceptors (Lipinski definition) is 2. The van der Waals surface area contributed by atoms with Gasteiger partial charge in [0.15, 0.2) is 0 Å². The van der Waals surface area contributed by atoms with Crippen LogP contribution >= 0.6 is 23.2 Å². The maximum Gasteiger partial charge on any atom is 0.217 e. The number of carbonyl (C=O) groups is 1. The Balaban J connectivity index is 2.53. The lowest BCUT2D eigenvalue weighted by atomic mass is 9.97. The third kappa shape index (κ3) is 3.24. The summed E-state index contributed by atoms with van der Waals surface area (Å²) in [5, 5.41) is 13.7.